The number of piperidine rings is 1. The van der Waals surface area contributed by atoms with E-state index in [1.54, 1.807) is 0 Å². The highest BCUT2D eigenvalue weighted by molar-refractivity contribution is 5.69. The molecule has 1 heterocycles. The van der Waals surface area contributed by atoms with Crippen LogP contribution in [0.5, 0.6) is 0 Å². The number of esters is 2. The van der Waals surface area contributed by atoms with Gasteiger partial charge in [-0.3, -0.25) is 9.59 Å². The van der Waals surface area contributed by atoms with Crippen molar-refractivity contribution in [1.82, 2.24) is 10.2 Å². The number of nitrogens with one attached hydrogen (secondary N) is 1. The zero-order valence-corrected chi connectivity index (χ0v) is 14.6. The number of likely N-dealkylation sites (tertiary alicyclic amines) is 1. The van der Waals surface area contributed by atoms with Crippen molar-refractivity contribution in [3.63, 3.8) is 0 Å². The molecule has 1 saturated heterocycles. The van der Waals surface area contributed by atoms with Crippen LogP contribution in [0.25, 0.3) is 0 Å². The highest BCUT2D eigenvalue weighted by Gasteiger charge is 2.18. The maximum Gasteiger partial charge on any atom is 0.305 e. The smallest absolute Gasteiger partial charge is 0.305 e. The van der Waals surface area contributed by atoms with Crippen molar-refractivity contribution in [2.45, 2.75) is 58.4 Å². The van der Waals surface area contributed by atoms with Crippen molar-refractivity contribution < 1.29 is 19.1 Å². The minimum atomic E-state index is -0.106. The van der Waals surface area contributed by atoms with Gasteiger partial charge in [0.2, 0.25) is 0 Å². The van der Waals surface area contributed by atoms with E-state index in [2.05, 4.69) is 10.2 Å². The average molecular weight is 328 g/mol. The van der Waals surface area contributed by atoms with Gasteiger partial charge in [0.15, 0.2) is 0 Å². The zero-order chi connectivity index (χ0) is 16.9. The van der Waals surface area contributed by atoms with Gasteiger partial charge in [0.1, 0.15) is 0 Å². The molecule has 1 fully saturated rings. The molecule has 0 unspecified atom stereocenters. The minimum absolute atomic E-state index is 0.0920. The first-order valence-electron chi connectivity index (χ1n) is 8.92. The lowest BCUT2D eigenvalue weighted by Crippen LogP contribution is -2.43. The number of hydrogen-bond acceptors (Lipinski definition) is 6. The van der Waals surface area contributed by atoms with Crippen molar-refractivity contribution in [2.24, 2.45) is 0 Å². The summed E-state index contributed by atoms with van der Waals surface area (Å²) in [5.74, 6) is -0.198. The Morgan fingerprint density at radius 1 is 1.00 bits per heavy atom. The maximum absolute atomic E-state index is 11.3. The molecule has 0 aromatic rings. The van der Waals surface area contributed by atoms with Crippen molar-refractivity contribution in [3.8, 4) is 0 Å². The number of carbonyl (C=O) groups is 2. The van der Waals surface area contributed by atoms with Crippen LogP contribution in [0.4, 0.5) is 0 Å². The van der Waals surface area contributed by atoms with Gasteiger partial charge in [-0.15, -0.1) is 0 Å². The molecular weight excluding hydrogens is 296 g/mol. The van der Waals surface area contributed by atoms with Gasteiger partial charge in [-0.25, -0.2) is 0 Å². The van der Waals surface area contributed by atoms with E-state index < -0.39 is 0 Å². The van der Waals surface area contributed by atoms with Crippen LogP contribution in [0.3, 0.4) is 0 Å². The Kier molecular flexibility index (Phi) is 10.6. The van der Waals surface area contributed by atoms with Gasteiger partial charge in [0.25, 0.3) is 0 Å². The molecule has 0 aliphatic carbocycles. The normalized spacial score (nSPS) is 16.3. The van der Waals surface area contributed by atoms with Crippen LogP contribution in [0.1, 0.15) is 52.4 Å². The number of nitrogens with zero attached hydrogens (tertiary/aromatic N) is 1. The van der Waals surface area contributed by atoms with Gasteiger partial charge >= 0.3 is 11.9 Å². The van der Waals surface area contributed by atoms with Crippen LogP contribution >= 0.6 is 0 Å². The molecule has 0 aromatic heterocycles. The van der Waals surface area contributed by atoms with E-state index in [1.165, 1.54) is 0 Å². The molecule has 0 bridgehead atoms. The first kappa shape index (κ1) is 19.9. The largest absolute Gasteiger partial charge is 0.466 e. The second-order valence-electron chi connectivity index (χ2n) is 5.89. The third kappa shape index (κ3) is 9.56. The van der Waals surface area contributed by atoms with Crippen LogP contribution in [-0.4, -0.2) is 62.3 Å². The molecule has 134 valence electrons. The van der Waals surface area contributed by atoms with Crippen molar-refractivity contribution in [2.75, 3.05) is 39.4 Å². The molecule has 0 radical (unpaired) electrons. The summed E-state index contributed by atoms with van der Waals surface area (Å²) in [5.41, 5.74) is 0. The van der Waals surface area contributed by atoms with Crippen molar-refractivity contribution >= 4 is 11.9 Å². The molecule has 1 rings (SSSR count). The van der Waals surface area contributed by atoms with Crippen molar-refractivity contribution in [1.29, 1.82) is 0 Å². The van der Waals surface area contributed by atoms with E-state index in [9.17, 15) is 9.59 Å². The van der Waals surface area contributed by atoms with Crippen LogP contribution in [0, 0.1) is 0 Å². The van der Waals surface area contributed by atoms with E-state index in [0.717, 1.165) is 51.9 Å². The Balaban J connectivity index is 2.00. The van der Waals surface area contributed by atoms with Crippen LogP contribution < -0.4 is 5.32 Å². The van der Waals surface area contributed by atoms with E-state index in [4.69, 9.17) is 9.47 Å². The standard InChI is InChI=1S/C17H32N2O4/c1-3-22-16(20)7-5-11-18-15-9-13-19(14-10-15)12-6-8-17(21)23-4-2/h15,18H,3-14H2,1-2H3. The van der Waals surface area contributed by atoms with Gasteiger partial charge in [-0.05, 0) is 65.7 Å². The number of hydrogen-bond donors (Lipinski definition) is 1. The molecular formula is C17H32N2O4. The third-order valence-corrected chi connectivity index (χ3v) is 4.04. The molecule has 6 heteroatoms. The highest BCUT2D eigenvalue weighted by Crippen LogP contribution is 2.11. The summed E-state index contributed by atoms with van der Waals surface area (Å²) in [6, 6.07) is 0.540. The zero-order valence-electron chi connectivity index (χ0n) is 14.6. The second-order valence-corrected chi connectivity index (χ2v) is 5.89. The molecule has 23 heavy (non-hydrogen) atoms. The van der Waals surface area contributed by atoms with Crippen molar-refractivity contribution in [3.05, 3.63) is 0 Å². The quantitative estimate of drug-likeness (QED) is 0.460. The first-order valence-corrected chi connectivity index (χ1v) is 8.92. The van der Waals surface area contributed by atoms with Gasteiger partial charge in [0.05, 0.1) is 13.2 Å². The Morgan fingerprint density at radius 2 is 1.57 bits per heavy atom. The summed E-state index contributed by atoms with van der Waals surface area (Å²) >= 11 is 0. The molecule has 1 aliphatic heterocycles. The van der Waals surface area contributed by atoms with E-state index >= 15 is 0 Å². The maximum atomic E-state index is 11.3. The predicted octanol–water partition coefficient (Wildman–Crippen LogP) is 1.73. The fourth-order valence-corrected chi connectivity index (χ4v) is 2.81. The van der Waals surface area contributed by atoms with Gasteiger partial charge < -0.3 is 19.7 Å². The lowest BCUT2D eigenvalue weighted by molar-refractivity contribution is -0.144. The van der Waals surface area contributed by atoms with E-state index in [-0.39, 0.29) is 11.9 Å². The predicted molar refractivity (Wildman–Crippen MR) is 89.2 cm³/mol. The van der Waals surface area contributed by atoms with Crippen LogP contribution in [-0.2, 0) is 19.1 Å². The second kappa shape index (κ2) is 12.3. The molecule has 0 spiro atoms. The minimum Gasteiger partial charge on any atom is -0.466 e. The number of carbonyl (C=O) groups excluding carboxylic acids is 2. The topological polar surface area (TPSA) is 67.9 Å². The molecule has 1 N–H and O–H groups in total. The highest BCUT2D eigenvalue weighted by atomic mass is 16.5. The van der Waals surface area contributed by atoms with E-state index in [0.29, 0.717) is 32.1 Å². The molecule has 0 amide bonds. The fraction of sp³-hybridized carbons (Fsp3) is 0.882. The molecule has 1 aliphatic rings. The van der Waals surface area contributed by atoms with Gasteiger partial charge in [-0.1, -0.05) is 0 Å². The lowest BCUT2D eigenvalue weighted by Gasteiger charge is -2.32. The third-order valence-electron chi connectivity index (χ3n) is 4.04. The Labute approximate surface area is 139 Å². The molecule has 0 aromatic carbocycles. The number of rotatable bonds is 11. The average Bonchev–Trinajstić information content (AvgIpc) is 2.53. The monoisotopic (exact) mass is 328 g/mol. The summed E-state index contributed by atoms with van der Waals surface area (Å²) in [7, 11) is 0. The summed E-state index contributed by atoms with van der Waals surface area (Å²) < 4.78 is 9.85. The fourth-order valence-electron chi connectivity index (χ4n) is 2.81. The molecule has 0 saturated carbocycles. The first-order chi connectivity index (χ1) is 11.2. The Hall–Kier alpha value is -1.14. The summed E-state index contributed by atoms with van der Waals surface area (Å²) in [6.07, 6.45) is 4.96. The number of ether oxygens (including phenoxy) is 2. The van der Waals surface area contributed by atoms with Crippen LogP contribution in [0.2, 0.25) is 0 Å². The lowest BCUT2D eigenvalue weighted by atomic mass is 10.0. The SMILES string of the molecule is CCOC(=O)CCCNC1CCN(CCCC(=O)OCC)CC1. The summed E-state index contributed by atoms with van der Waals surface area (Å²) in [4.78, 5) is 24.9. The van der Waals surface area contributed by atoms with Crippen LogP contribution in [0.15, 0.2) is 0 Å². The summed E-state index contributed by atoms with van der Waals surface area (Å²) in [5, 5.41) is 3.52. The molecule has 0 atom stereocenters. The Bertz CT molecular complexity index is 341. The van der Waals surface area contributed by atoms with E-state index in [1.807, 2.05) is 13.8 Å². The van der Waals surface area contributed by atoms with Gasteiger partial charge in [0, 0.05) is 18.9 Å². The summed E-state index contributed by atoms with van der Waals surface area (Å²) in [6.45, 7) is 8.56. The Morgan fingerprint density at radius 3 is 2.13 bits per heavy atom. The van der Waals surface area contributed by atoms with Gasteiger partial charge in [-0.2, -0.15) is 0 Å². The molecule has 6 nitrogen and oxygen atoms in total.